The summed E-state index contributed by atoms with van der Waals surface area (Å²) in [6, 6.07) is 10.5. The Morgan fingerprint density at radius 2 is 1.82 bits per heavy atom. The minimum Gasteiger partial charge on any atom is -0.370 e. The van der Waals surface area contributed by atoms with Gasteiger partial charge in [-0.25, -0.2) is 0 Å². The first-order chi connectivity index (χ1) is 13.1. The van der Waals surface area contributed by atoms with Crippen LogP contribution >= 0.6 is 11.6 Å². The predicted octanol–water partition coefficient (Wildman–Crippen LogP) is 4.50. The van der Waals surface area contributed by atoms with Gasteiger partial charge < -0.3 is 11.1 Å². The molecule has 8 heteroatoms. The average Bonchev–Trinajstić information content (AvgIpc) is 2.60. The molecule has 148 valence electrons. The molecule has 2 aromatic rings. The number of allylic oxidation sites excluding steroid dienone is 1. The normalized spacial score (nSPS) is 13.1. The van der Waals surface area contributed by atoms with E-state index in [4.69, 9.17) is 17.3 Å². The van der Waals surface area contributed by atoms with Crippen LogP contribution in [0.25, 0.3) is 5.57 Å². The van der Waals surface area contributed by atoms with Gasteiger partial charge >= 0.3 is 6.18 Å². The molecule has 0 unspecified atom stereocenters. The fourth-order valence-electron chi connectivity index (χ4n) is 2.59. The summed E-state index contributed by atoms with van der Waals surface area (Å²) in [5, 5.41) is 3.12. The van der Waals surface area contributed by atoms with E-state index in [0.717, 1.165) is 12.1 Å². The van der Waals surface area contributed by atoms with Gasteiger partial charge in [-0.3, -0.25) is 9.59 Å². The zero-order valence-corrected chi connectivity index (χ0v) is 15.6. The number of amides is 2. The van der Waals surface area contributed by atoms with Gasteiger partial charge in [-0.2, -0.15) is 13.2 Å². The zero-order chi connectivity index (χ0) is 20.9. The lowest BCUT2D eigenvalue weighted by Crippen LogP contribution is -2.30. The molecule has 0 fully saturated rings. The Bertz CT molecular complexity index is 893. The topological polar surface area (TPSA) is 72.2 Å². The predicted molar refractivity (Wildman–Crippen MR) is 101 cm³/mol. The SMILES string of the molecule is C/C(=C\C(=O)N[C@H](CC(N)=O)c1cccc(Cl)c1)c1ccc(C(F)(F)F)cc1. The van der Waals surface area contributed by atoms with Crippen molar-refractivity contribution < 1.29 is 22.8 Å². The smallest absolute Gasteiger partial charge is 0.370 e. The van der Waals surface area contributed by atoms with E-state index in [1.54, 1.807) is 31.2 Å². The fourth-order valence-corrected chi connectivity index (χ4v) is 2.79. The van der Waals surface area contributed by atoms with Crippen molar-refractivity contribution in [2.24, 2.45) is 5.73 Å². The van der Waals surface area contributed by atoms with Crippen molar-refractivity contribution in [3.8, 4) is 0 Å². The number of rotatable bonds is 6. The van der Waals surface area contributed by atoms with Gasteiger partial charge in [0.1, 0.15) is 0 Å². The Balaban J connectivity index is 2.17. The summed E-state index contributed by atoms with van der Waals surface area (Å²) in [6.45, 7) is 1.60. The van der Waals surface area contributed by atoms with Crippen molar-refractivity contribution in [1.82, 2.24) is 5.32 Å². The standard InChI is InChI=1S/C20H18ClF3N2O2/c1-12(13-5-7-15(8-6-13)20(22,23)24)9-19(28)26-17(11-18(25)27)14-3-2-4-16(21)10-14/h2-10,17H,11H2,1H3,(H2,25,27)(H,26,28)/b12-9+/t17-/m1/s1. The molecule has 4 nitrogen and oxygen atoms in total. The number of primary amides is 1. The van der Waals surface area contributed by atoms with Gasteiger partial charge in [0, 0.05) is 11.1 Å². The molecule has 0 aromatic heterocycles. The molecule has 1 atom stereocenters. The van der Waals surface area contributed by atoms with Crippen molar-refractivity contribution >= 4 is 29.0 Å². The van der Waals surface area contributed by atoms with Gasteiger partial charge in [0.05, 0.1) is 18.0 Å². The first-order valence-corrected chi connectivity index (χ1v) is 8.64. The highest BCUT2D eigenvalue weighted by molar-refractivity contribution is 6.30. The van der Waals surface area contributed by atoms with Crippen LogP contribution in [-0.4, -0.2) is 11.8 Å². The van der Waals surface area contributed by atoms with Crippen LogP contribution in [0.2, 0.25) is 5.02 Å². The number of halogens is 4. The molecule has 2 rings (SSSR count). The number of nitrogens with one attached hydrogen (secondary N) is 1. The zero-order valence-electron chi connectivity index (χ0n) is 14.9. The first-order valence-electron chi connectivity index (χ1n) is 8.26. The van der Waals surface area contributed by atoms with Crippen molar-refractivity contribution in [1.29, 1.82) is 0 Å². The van der Waals surface area contributed by atoms with Crippen LogP contribution in [-0.2, 0) is 15.8 Å². The van der Waals surface area contributed by atoms with Crippen molar-refractivity contribution in [2.45, 2.75) is 25.6 Å². The summed E-state index contributed by atoms with van der Waals surface area (Å²) < 4.78 is 37.9. The van der Waals surface area contributed by atoms with Gasteiger partial charge in [-0.05, 0) is 47.9 Å². The highest BCUT2D eigenvalue weighted by atomic mass is 35.5. The Morgan fingerprint density at radius 1 is 1.18 bits per heavy atom. The number of hydrogen-bond donors (Lipinski definition) is 2. The molecule has 0 saturated carbocycles. The van der Waals surface area contributed by atoms with Gasteiger partial charge in [0.15, 0.2) is 0 Å². The number of carbonyl (C=O) groups excluding carboxylic acids is 2. The fraction of sp³-hybridized carbons (Fsp3) is 0.200. The monoisotopic (exact) mass is 410 g/mol. The minimum atomic E-state index is -4.42. The summed E-state index contributed by atoms with van der Waals surface area (Å²) in [7, 11) is 0. The van der Waals surface area contributed by atoms with Gasteiger partial charge in [-0.15, -0.1) is 0 Å². The lowest BCUT2D eigenvalue weighted by atomic mass is 10.0. The van der Waals surface area contributed by atoms with E-state index in [2.05, 4.69) is 5.32 Å². The third kappa shape index (κ3) is 6.13. The average molecular weight is 411 g/mol. The van der Waals surface area contributed by atoms with Crippen LogP contribution in [0.3, 0.4) is 0 Å². The van der Waals surface area contributed by atoms with E-state index in [0.29, 0.717) is 21.7 Å². The van der Waals surface area contributed by atoms with E-state index in [1.165, 1.54) is 18.2 Å². The van der Waals surface area contributed by atoms with Crippen LogP contribution in [0.4, 0.5) is 13.2 Å². The molecule has 2 aromatic carbocycles. The van der Waals surface area contributed by atoms with Gasteiger partial charge in [0.25, 0.3) is 0 Å². The summed E-state index contributed by atoms with van der Waals surface area (Å²) in [4.78, 5) is 23.7. The van der Waals surface area contributed by atoms with Crippen molar-refractivity contribution in [2.75, 3.05) is 0 Å². The lowest BCUT2D eigenvalue weighted by molar-refractivity contribution is -0.137. The summed E-state index contributed by atoms with van der Waals surface area (Å²) in [5.41, 5.74) is 6.04. The minimum absolute atomic E-state index is 0.126. The van der Waals surface area contributed by atoms with E-state index in [9.17, 15) is 22.8 Å². The van der Waals surface area contributed by atoms with Crippen LogP contribution < -0.4 is 11.1 Å². The van der Waals surface area contributed by atoms with E-state index < -0.39 is 29.6 Å². The maximum Gasteiger partial charge on any atom is 0.416 e. The Hall–Kier alpha value is -2.80. The molecule has 0 bridgehead atoms. The summed E-state index contributed by atoms with van der Waals surface area (Å²) >= 11 is 5.95. The van der Waals surface area contributed by atoms with Crippen molar-refractivity contribution in [3.05, 3.63) is 76.3 Å². The summed E-state index contributed by atoms with van der Waals surface area (Å²) in [5.74, 6) is -1.11. The molecule has 0 aliphatic heterocycles. The van der Waals surface area contributed by atoms with Gasteiger partial charge in [-0.1, -0.05) is 35.9 Å². The number of alkyl halides is 3. The molecule has 2 amide bonds. The third-order valence-electron chi connectivity index (χ3n) is 3.99. The molecule has 0 saturated heterocycles. The van der Waals surface area contributed by atoms with E-state index in [1.807, 2.05) is 0 Å². The van der Waals surface area contributed by atoms with Gasteiger partial charge in [0.2, 0.25) is 11.8 Å². The molecular weight excluding hydrogens is 393 g/mol. The number of nitrogens with two attached hydrogens (primary N) is 1. The quantitative estimate of drug-likeness (QED) is 0.688. The second-order valence-electron chi connectivity index (χ2n) is 6.19. The maximum absolute atomic E-state index is 12.6. The highest BCUT2D eigenvalue weighted by Crippen LogP contribution is 2.30. The third-order valence-corrected chi connectivity index (χ3v) is 4.22. The van der Waals surface area contributed by atoms with Crippen LogP contribution in [0, 0.1) is 0 Å². The van der Waals surface area contributed by atoms with E-state index in [-0.39, 0.29) is 6.42 Å². The summed E-state index contributed by atoms with van der Waals surface area (Å²) in [6.07, 6.45) is -3.30. The molecule has 0 heterocycles. The number of carbonyl (C=O) groups is 2. The van der Waals surface area contributed by atoms with Crippen LogP contribution in [0.1, 0.15) is 36.1 Å². The molecule has 3 N–H and O–H groups in total. The first kappa shape index (κ1) is 21.5. The van der Waals surface area contributed by atoms with Crippen molar-refractivity contribution in [3.63, 3.8) is 0 Å². The molecular formula is C20H18ClF3N2O2. The second-order valence-corrected chi connectivity index (χ2v) is 6.63. The molecule has 0 spiro atoms. The lowest BCUT2D eigenvalue weighted by Gasteiger charge is -2.17. The number of benzene rings is 2. The largest absolute Gasteiger partial charge is 0.416 e. The van der Waals surface area contributed by atoms with E-state index >= 15 is 0 Å². The molecule has 0 aliphatic rings. The highest BCUT2D eigenvalue weighted by Gasteiger charge is 2.30. The molecule has 0 radical (unpaired) electrons. The Labute approximate surface area is 165 Å². The maximum atomic E-state index is 12.6. The molecule has 0 aliphatic carbocycles. The molecule has 28 heavy (non-hydrogen) atoms. The second kappa shape index (κ2) is 8.93. The van der Waals surface area contributed by atoms with Crippen LogP contribution in [0.15, 0.2) is 54.6 Å². The Kier molecular flexibility index (Phi) is 6.85. The number of hydrogen-bond acceptors (Lipinski definition) is 2. The Morgan fingerprint density at radius 3 is 2.36 bits per heavy atom. The van der Waals surface area contributed by atoms with Crippen LogP contribution in [0.5, 0.6) is 0 Å².